The fraction of sp³-hybridized carbons (Fsp3) is 0.455. The molecule has 0 bridgehead atoms. The molecule has 0 aliphatic carbocycles. The second-order valence-electron chi connectivity index (χ2n) is 3.14. The summed E-state index contributed by atoms with van der Waals surface area (Å²) in [6.07, 6.45) is 0.536. The highest BCUT2D eigenvalue weighted by molar-refractivity contribution is 5.21. The van der Waals surface area contributed by atoms with Crippen molar-refractivity contribution in [1.82, 2.24) is 5.32 Å². The highest BCUT2D eigenvalue weighted by Gasteiger charge is 2.12. The monoisotopic (exact) mass is 197 g/mol. The Morgan fingerprint density at radius 3 is 2.71 bits per heavy atom. The molecule has 0 saturated heterocycles. The van der Waals surface area contributed by atoms with Crippen molar-refractivity contribution in [1.29, 1.82) is 0 Å². The van der Waals surface area contributed by atoms with Crippen LogP contribution in [0.3, 0.4) is 0 Å². The molecule has 0 aromatic heterocycles. The Labute approximate surface area is 83.8 Å². The number of aliphatic hydroxyl groups is 1. The van der Waals surface area contributed by atoms with Crippen molar-refractivity contribution in [2.24, 2.45) is 0 Å². The van der Waals surface area contributed by atoms with Crippen molar-refractivity contribution in [2.45, 2.75) is 19.4 Å². The predicted molar refractivity (Wildman–Crippen MR) is 54.5 cm³/mol. The third kappa shape index (κ3) is 2.79. The minimum Gasteiger partial charge on any atom is -0.396 e. The molecule has 3 heteroatoms. The normalized spacial score (nSPS) is 12.8. The lowest BCUT2D eigenvalue weighted by Gasteiger charge is -2.17. The summed E-state index contributed by atoms with van der Waals surface area (Å²) in [7, 11) is 0. The second-order valence-corrected chi connectivity index (χ2v) is 3.14. The number of hydrogen-bond acceptors (Lipinski definition) is 2. The summed E-state index contributed by atoms with van der Waals surface area (Å²) in [5, 5.41) is 12.0. The number of nitrogens with one attached hydrogen (secondary N) is 1. The Balaban J connectivity index is 2.81. The minimum absolute atomic E-state index is 0.0615. The molecule has 2 nitrogen and oxygen atoms in total. The summed E-state index contributed by atoms with van der Waals surface area (Å²) in [5.41, 5.74) is 0.628. The van der Waals surface area contributed by atoms with Gasteiger partial charge >= 0.3 is 0 Å². The molecule has 2 N–H and O–H groups in total. The number of rotatable bonds is 5. The summed E-state index contributed by atoms with van der Waals surface area (Å²) in [5.74, 6) is -0.216. The maximum absolute atomic E-state index is 13.4. The number of benzene rings is 1. The van der Waals surface area contributed by atoms with Crippen molar-refractivity contribution in [3.8, 4) is 0 Å². The van der Waals surface area contributed by atoms with Crippen molar-refractivity contribution < 1.29 is 9.50 Å². The van der Waals surface area contributed by atoms with E-state index in [1.165, 1.54) is 6.07 Å². The highest BCUT2D eigenvalue weighted by atomic mass is 19.1. The van der Waals surface area contributed by atoms with Gasteiger partial charge in [0.15, 0.2) is 0 Å². The van der Waals surface area contributed by atoms with Crippen LogP contribution < -0.4 is 5.32 Å². The third-order valence-electron chi connectivity index (χ3n) is 2.15. The summed E-state index contributed by atoms with van der Waals surface area (Å²) in [4.78, 5) is 0. The van der Waals surface area contributed by atoms with E-state index in [4.69, 9.17) is 5.11 Å². The first-order valence-corrected chi connectivity index (χ1v) is 4.88. The van der Waals surface area contributed by atoms with Crippen LogP contribution in [0.15, 0.2) is 24.3 Å². The van der Waals surface area contributed by atoms with Crippen LogP contribution in [0.1, 0.15) is 24.9 Å². The summed E-state index contributed by atoms with van der Waals surface area (Å²) in [6.45, 7) is 2.79. The van der Waals surface area contributed by atoms with E-state index in [0.717, 1.165) is 6.54 Å². The zero-order valence-electron chi connectivity index (χ0n) is 8.33. The first-order valence-electron chi connectivity index (χ1n) is 4.88. The van der Waals surface area contributed by atoms with Gasteiger partial charge in [0.25, 0.3) is 0 Å². The molecule has 0 heterocycles. The Bertz CT molecular complexity index is 272. The molecule has 0 fully saturated rings. The van der Waals surface area contributed by atoms with Gasteiger partial charge in [-0.15, -0.1) is 0 Å². The van der Waals surface area contributed by atoms with Gasteiger partial charge in [-0.2, -0.15) is 0 Å². The maximum atomic E-state index is 13.4. The first-order chi connectivity index (χ1) is 6.79. The molecule has 0 saturated carbocycles. The summed E-state index contributed by atoms with van der Waals surface area (Å²) in [6, 6.07) is 6.57. The standard InChI is InChI=1S/C11H16FNO/c1-2-13-11(7-8-14)9-5-3-4-6-10(9)12/h3-6,11,13-14H,2,7-8H2,1H3. The quantitative estimate of drug-likeness (QED) is 0.755. The van der Waals surface area contributed by atoms with E-state index < -0.39 is 0 Å². The Hall–Kier alpha value is -0.930. The molecule has 0 spiro atoms. The lowest BCUT2D eigenvalue weighted by atomic mass is 10.0. The molecule has 1 aromatic carbocycles. The van der Waals surface area contributed by atoms with Gasteiger partial charge in [0.2, 0.25) is 0 Å². The van der Waals surface area contributed by atoms with Gasteiger partial charge in [-0.1, -0.05) is 25.1 Å². The van der Waals surface area contributed by atoms with Crippen LogP contribution >= 0.6 is 0 Å². The Morgan fingerprint density at radius 2 is 2.14 bits per heavy atom. The number of aliphatic hydroxyl groups excluding tert-OH is 1. The predicted octanol–water partition coefficient (Wildman–Crippen LogP) is 1.86. The van der Waals surface area contributed by atoms with Gasteiger partial charge in [-0.25, -0.2) is 4.39 Å². The number of halogens is 1. The van der Waals surface area contributed by atoms with Gasteiger partial charge in [-0.3, -0.25) is 0 Å². The molecule has 0 aliphatic rings. The van der Waals surface area contributed by atoms with Crippen LogP contribution in [0, 0.1) is 5.82 Å². The van der Waals surface area contributed by atoms with Crippen LogP contribution in [0.2, 0.25) is 0 Å². The van der Waals surface area contributed by atoms with Crippen LogP contribution in [0.4, 0.5) is 4.39 Å². The van der Waals surface area contributed by atoms with E-state index in [2.05, 4.69) is 5.32 Å². The lowest BCUT2D eigenvalue weighted by molar-refractivity contribution is 0.265. The average Bonchev–Trinajstić information content (AvgIpc) is 2.18. The molecule has 0 aliphatic heterocycles. The summed E-state index contributed by atoms with van der Waals surface area (Å²) >= 11 is 0. The van der Waals surface area contributed by atoms with E-state index in [0.29, 0.717) is 12.0 Å². The molecule has 0 radical (unpaired) electrons. The largest absolute Gasteiger partial charge is 0.396 e. The van der Waals surface area contributed by atoms with E-state index in [1.54, 1.807) is 18.2 Å². The van der Waals surface area contributed by atoms with Crippen molar-refractivity contribution >= 4 is 0 Å². The average molecular weight is 197 g/mol. The molecule has 14 heavy (non-hydrogen) atoms. The molecular formula is C11H16FNO. The molecule has 1 atom stereocenters. The molecule has 0 amide bonds. The van der Waals surface area contributed by atoms with Crippen LogP contribution in [-0.2, 0) is 0 Å². The zero-order valence-corrected chi connectivity index (χ0v) is 8.33. The third-order valence-corrected chi connectivity index (χ3v) is 2.15. The van der Waals surface area contributed by atoms with Crippen molar-refractivity contribution in [3.05, 3.63) is 35.6 Å². The van der Waals surface area contributed by atoms with E-state index in [1.807, 2.05) is 6.92 Å². The fourth-order valence-electron chi connectivity index (χ4n) is 1.50. The van der Waals surface area contributed by atoms with E-state index >= 15 is 0 Å². The maximum Gasteiger partial charge on any atom is 0.127 e. The van der Waals surface area contributed by atoms with Gasteiger partial charge in [0, 0.05) is 18.2 Å². The van der Waals surface area contributed by atoms with Gasteiger partial charge < -0.3 is 10.4 Å². The van der Waals surface area contributed by atoms with Crippen molar-refractivity contribution in [2.75, 3.05) is 13.2 Å². The fourth-order valence-corrected chi connectivity index (χ4v) is 1.50. The Morgan fingerprint density at radius 1 is 1.43 bits per heavy atom. The molecular weight excluding hydrogens is 181 g/mol. The second kappa shape index (κ2) is 5.73. The van der Waals surface area contributed by atoms with E-state index in [-0.39, 0.29) is 18.5 Å². The van der Waals surface area contributed by atoms with Crippen molar-refractivity contribution in [3.63, 3.8) is 0 Å². The van der Waals surface area contributed by atoms with Crippen LogP contribution in [-0.4, -0.2) is 18.3 Å². The van der Waals surface area contributed by atoms with Gasteiger partial charge in [-0.05, 0) is 19.0 Å². The topological polar surface area (TPSA) is 32.3 Å². The van der Waals surface area contributed by atoms with Crippen LogP contribution in [0.5, 0.6) is 0 Å². The first kappa shape index (κ1) is 11.1. The molecule has 1 unspecified atom stereocenters. The Kier molecular flexibility index (Phi) is 4.56. The summed E-state index contributed by atoms with van der Waals surface area (Å²) < 4.78 is 13.4. The number of hydrogen-bond donors (Lipinski definition) is 2. The smallest absolute Gasteiger partial charge is 0.127 e. The zero-order chi connectivity index (χ0) is 10.4. The minimum atomic E-state index is -0.216. The van der Waals surface area contributed by atoms with Crippen LogP contribution in [0.25, 0.3) is 0 Å². The molecule has 78 valence electrons. The molecule has 1 aromatic rings. The van der Waals surface area contributed by atoms with Gasteiger partial charge in [0.1, 0.15) is 5.82 Å². The SMILES string of the molecule is CCNC(CCO)c1ccccc1F. The lowest BCUT2D eigenvalue weighted by Crippen LogP contribution is -2.22. The van der Waals surface area contributed by atoms with E-state index in [9.17, 15) is 4.39 Å². The molecule has 1 rings (SSSR count). The highest BCUT2D eigenvalue weighted by Crippen LogP contribution is 2.19. The van der Waals surface area contributed by atoms with Gasteiger partial charge in [0.05, 0.1) is 0 Å².